The number of hydrogen-bond donors (Lipinski definition) is 1. The number of nitro groups is 1. The van der Waals surface area contributed by atoms with Crippen molar-refractivity contribution in [3.8, 4) is 0 Å². The Morgan fingerprint density at radius 2 is 2.20 bits per heavy atom. The molecule has 0 aliphatic carbocycles. The fourth-order valence-corrected chi connectivity index (χ4v) is 2.57. The average Bonchev–Trinajstić information content (AvgIpc) is 3.08. The van der Waals surface area contributed by atoms with Crippen molar-refractivity contribution in [2.75, 3.05) is 12.4 Å². The molecule has 0 aliphatic rings. The minimum absolute atomic E-state index is 0.0546. The van der Waals surface area contributed by atoms with Gasteiger partial charge in [-0.3, -0.25) is 10.1 Å². The van der Waals surface area contributed by atoms with E-state index in [2.05, 4.69) is 20.1 Å². The Morgan fingerprint density at radius 3 is 2.92 bits per heavy atom. The lowest BCUT2D eigenvalue weighted by atomic mass is 10.1. The number of rotatable bonds is 5. The number of halogens is 1. The van der Waals surface area contributed by atoms with Crippen LogP contribution in [0.15, 0.2) is 36.7 Å². The van der Waals surface area contributed by atoms with E-state index in [1.54, 1.807) is 29.0 Å². The molecule has 3 aromatic rings. The third kappa shape index (κ3) is 3.22. The Morgan fingerprint density at radius 1 is 1.40 bits per heavy atom. The van der Waals surface area contributed by atoms with Crippen LogP contribution in [0.4, 0.5) is 11.4 Å². The number of ether oxygens (including phenoxy) is 1. The van der Waals surface area contributed by atoms with E-state index in [1.807, 2.05) is 0 Å². The van der Waals surface area contributed by atoms with Crippen LogP contribution >= 0.6 is 11.6 Å². The average molecular weight is 362 g/mol. The van der Waals surface area contributed by atoms with E-state index in [1.165, 1.54) is 13.2 Å². The molecule has 1 N–H and O–H groups in total. The molecule has 25 heavy (non-hydrogen) atoms. The number of nitrogens with one attached hydrogen (secondary N) is 1. The number of carbonyl (C=O) groups excluding carboxylic acids is 1. The number of nitro benzene ring substituents is 1. The van der Waals surface area contributed by atoms with Gasteiger partial charge in [0.05, 0.1) is 41.1 Å². The van der Waals surface area contributed by atoms with Crippen LogP contribution in [0.1, 0.15) is 16.1 Å². The number of carbonyl (C=O) groups is 1. The van der Waals surface area contributed by atoms with Crippen LogP contribution in [-0.4, -0.2) is 32.6 Å². The normalized spacial score (nSPS) is 10.6. The first-order valence-corrected chi connectivity index (χ1v) is 7.47. The second-order valence-corrected chi connectivity index (χ2v) is 5.40. The van der Waals surface area contributed by atoms with Crippen molar-refractivity contribution in [2.45, 2.75) is 6.54 Å². The number of methoxy groups -OCH3 is 1. The summed E-state index contributed by atoms with van der Waals surface area (Å²) in [5, 5.41) is 18.5. The van der Waals surface area contributed by atoms with Crippen molar-refractivity contribution in [1.82, 2.24) is 14.6 Å². The van der Waals surface area contributed by atoms with Crippen LogP contribution in [-0.2, 0) is 11.3 Å². The van der Waals surface area contributed by atoms with E-state index in [4.69, 9.17) is 11.6 Å². The molecule has 3 rings (SSSR count). The Balaban J connectivity index is 1.94. The summed E-state index contributed by atoms with van der Waals surface area (Å²) in [7, 11) is 1.18. The predicted octanol–water partition coefficient (Wildman–Crippen LogP) is 2.69. The zero-order valence-corrected chi connectivity index (χ0v) is 13.7. The van der Waals surface area contributed by atoms with E-state index in [0.29, 0.717) is 5.65 Å². The Kier molecular flexibility index (Phi) is 4.48. The molecule has 0 fully saturated rings. The van der Waals surface area contributed by atoms with Crippen molar-refractivity contribution in [3.63, 3.8) is 0 Å². The third-order valence-corrected chi connectivity index (χ3v) is 3.83. The van der Waals surface area contributed by atoms with E-state index in [9.17, 15) is 14.9 Å². The lowest BCUT2D eigenvalue weighted by molar-refractivity contribution is -0.384. The van der Waals surface area contributed by atoms with Crippen LogP contribution in [0, 0.1) is 10.1 Å². The van der Waals surface area contributed by atoms with Gasteiger partial charge in [0.15, 0.2) is 5.65 Å². The van der Waals surface area contributed by atoms with Gasteiger partial charge < -0.3 is 10.1 Å². The summed E-state index contributed by atoms with van der Waals surface area (Å²) in [6.07, 6.45) is 3.23. The standard InChI is InChI=1S/C15H12ClN5O4/c1-25-15(22)10-6-13(21(23)24)12(7-11(10)16)18-8-9-2-4-17-14-3-5-19-20(9)14/h2-7,18H,8H2,1H3. The molecule has 1 aromatic carbocycles. The largest absolute Gasteiger partial charge is 0.465 e. The summed E-state index contributed by atoms with van der Waals surface area (Å²) < 4.78 is 6.19. The first-order chi connectivity index (χ1) is 12.0. The summed E-state index contributed by atoms with van der Waals surface area (Å²) in [5.74, 6) is -0.743. The quantitative estimate of drug-likeness (QED) is 0.422. The van der Waals surface area contributed by atoms with E-state index in [-0.39, 0.29) is 28.5 Å². The molecule has 128 valence electrons. The minimum Gasteiger partial charge on any atom is -0.465 e. The molecule has 2 heterocycles. The molecule has 0 atom stereocenters. The number of esters is 1. The summed E-state index contributed by atoms with van der Waals surface area (Å²) in [4.78, 5) is 26.5. The second-order valence-electron chi connectivity index (χ2n) is 4.99. The van der Waals surface area contributed by atoms with E-state index < -0.39 is 10.9 Å². The van der Waals surface area contributed by atoms with Crippen molar-refractivity contribution in [1.29, 1.82) is 0 Å². The van der Waals surface area contributed by atoms with E-state index >= 15 is 0 Å². The molecular formula is C15H12ClN5O4. The monoisotopic (exact) mass is 361 g/mol. The maximum absolute atomic E-state index is 11.6. The predicted molar refractivity (Wildman–Crippen MR) is 89.8 cm³/mol. The summed E-state index contributed by atoms with van der Waals surface area (Å²) in [6, 6.07) is 5.90. The lowest BCUT2D eigenvalue weighted by Gasteiger charge is -2.10. The highest BCUT2D eigenvalue weighted by Crippen LogP contribution is 2.32. The smallest absolute Gasteiger partial charge is 0.339 e. The lowest BCUT2D eigenvalue weighted by Crippen LogP contribution is -2.09. The van der Waals surface area contributed by atoms with Crippen molar-refractivity contribution >= 4 is 34.6 Å². The van der Waals surface area contributed by atoms with Crippen LogP contribution in [0.2, 0.25) is 5.02 Å². The maximum Gasteiger partial charge on any atom is 0.339 e. The molecule has 0 saturated heterocycles. The molecule has 0 saturated carbocycles. The molecule has 0 bridgehead atoms. The maximum atomic E-state index is 11.6. The van der Waals surface area contributed by atoms with Crippen molar-refractivity contribution in [3.05, 3.63) is 63.1 Å². The fraction of sp³-hybridized carbons (Fsp3) is 0.133. The zero-order valence-electron chi connectivity index (χ0n) is 13.0. The molecule has 0 spiro atoms. The number of nitrogens with zero attached hydrogens (tertiary/aromatic N) is 4. The minimum atomic E-state index is -0.743. The van der Waals surface area contributed by atoms with Crippen LogP contribution in [0.25, 0.3) is 5.65 Å². The summed E-state index contributed by atoms with van der Waals surface area (Å²) in [6.45, 7) is 0.245. The molecule has 2 aromatic heterocycles. The molecular weight excluding hydrogens is 350 g/mol. The third-order valence-electron chi connectivity index (χ3n) is 3.52. The van der Waals surface area contributed by atoms with Gasteiger partial charge in [-0.1, -0.05) is 11.6 Å². The summed E-state index contributed by atoms with van der Waals surface area (Å²) >= 11 is 6.05. The van der Waals surface area contributed by atoms with Gasteiger partial charge in [-0.15, -0.1) is 0 Å². The highest BCUT2D eigenvalue weighted by Gasteiger charge is 2.21. The van der Waals surface area contributed by atoms with Gasteiger partial charge in [-0.25, -0.2) is 14.3 Å². The zero-order chi connectivity index (χ0) is 18.0. The van der Waals surface area contributed by atoms with Gasteiger partial charge in [0.25, 0.3) is 5.69 Å². The van der Waals surface area contributed by atoms with Gasteiger partial charge in [-0.05, 0) is 12.1 Å². The highest BCUT2D eigenvalue weighted by atomic mass is 35.5. The molecule has 0 amide bonds. The first kappa shape index (κ1) is 16.7. The molecule has 0 radical (unpaired) electrons. The first-order valence-electron chi connectivity index (χ1n) is 7.09. The molecule has 10 heteroatoms. The van der Waals surface area contributed by atoms with Crippen LogP contribution < -0.4 is 5.32 Å². The van der Waals surface area contributed by atoms with Gasteiger partial charge in [0, 0.05) is 18.3 Å². The van der Waals surface area contributed by atoms with Crippen LogP contribution in [0.5, 0.6) is 0 Å². The Bertz CT molecular complexity index is 972. The number of fused-ring (bicyclic) bond motifs is 1. The Hall–Kier alpha value is -3.20. The van der Waals surface area contributed by atoms with Gasteiger partial charge in [0.2, 0.25) is 0 Å². The van der Waals surface area contributed by atoms with Gasteiger partial charge in [-0.2, -0.15) is 5.10 Å². The Labute approximate surface area is 146 Å². The van der Waals surface area contributed by atoms with E-state index in [0.717, 1.165) is 11.8 Å². The number of anilines is 1. The van der Waals surface area contributed by atoms with Gasteiger partial charge in [0.1, 0.15) is 5.69 Å². The van der Waals surface area contributed by atoms with Crippen LogP contribution in [0.3, 0.4) is 0 Å². The second kappa shape index (κ2) is 6.73. The number of benzene rings is 1. The fourth-order valence-electron chi connectivity index (χ4n) is 2.33. The number of aromatic nitrogens is 3. The number of hydrogen-bond acceptors (Lipinski definition) is 7. The van der Waals surface area contributed by atoms with Crippen molar-refractivity contribution in [2.24, 2.45) is 0 Å². The topological polar surface area (TPSA) is 112 Å². The van der Waals surface area contributed by atoms with Gasteiger partial charge >= 0.3 is 5.97 Å². The molecule has 0 unspecified atom stereocenters. The SMILES string of the molecule is COC(=O)c1cc([N+](=O)[O-])c(NCc2ccnc3ccnn23)cc1Cl. The molecule has 0 aliphatic heterocycles. The highest BCUT2D eigenvalue weighted by molar-refractivity contribution is 6.34. The van der Waals surface area contributed by atoms with Crippen molar-refractivity contribution < 1.29 is 14.5 Å². The summed E-state index contributed by atoms with van der Waals surface area (Å²) in [5.41, 5.74) is 1.24. The molecule has 9 nitrogen and oxygen atoms in total.